The minimum Gasteiger partial charge on any atom is -0.497 e. The zero-order chi connectivity index (χ0) is 18.7. The van der Waals surface area contributed by atoms with Gasteiger partial charge in [-0.1, -0.05) is 17.7 Å². The van der Waals surface area contributed by atoms with E-state index in [1.807, 2.05) is 44.2 Å². The zero-order valence-electron chi connectivity index (χ0n) is 15.1. The molecule has 0 aromatic heterocycles. The smallest absolute Gasteiger partial charge is 0.264 e. The summed E-state index contributed by atoms with van der Waals surface area (Å²) in [5, 5.41) is 3.38. The standard InChI is InChI=1S/C20H20N2O3S/c1-12-5-7-16(13(2)9-12)21-20-22-19(23)18(26-20)11-14-10-15(24-3)6-8-17(14)25-4/h5-11H,1-4H3,(H,21,22,23)/b18-11+. The fourth-order valence-electron chi connectivity index (χ4n) is 2.61. The first-order valence-corrected chi connectivity index (χ1v) is 8.90. The van der Waals surface area contributed by atoms with Gasteiger partial charge in [-0.25, -0.2) is 4.99 Å². The number of ether oxygens (including phenoxy) is 2. The van der Waals surface area contributed by atoms with Crippen LogP contribution in [0.3, 0.4) is 0 Å². The lowest BCUT2D eigenvalue weighted by atomic mass is 10.1. The van der Waals surface area contributed by atoms with Gasteiger partial charge in [0.1, 0.15) is 11.5 Å². The maximum absolute atomic E-state index is 12.3. The largest absolute Gasteiger partial charge is 0.497 e. The van der Waals surface area contributed by atoms with Gasteiger partial charge in [-0.3, -0.25) is 4.79 Å². The van der Waals surface area contributed by atoms with Crippen molar-refractivity contribution in [3.05, 3.63) is 58.0 Å². The molecule has 0 bridgehead atoms. The predicted octanol–water partition coefficient (Wildman–Crippen LogP) is 4.21. The number of nitrogens with one attached hydrogen (secondary N) is 1. The van der Waals surface area contributed by atoms with Crippen LogP contribution in [0.1, 0.15) is 16.7 Å². The van der Waals surface area contributed by atoms with Gasteiger partial charge in [0.15, 0.2) is 5.17 Å². The highest BCUT2D eigenvalue weighted by atomic mass is 32.2. The van der Waals surface area contributed by atoms with Crippen molar-refractivity contribution in [2.24, 2.45) is 4.99 Å². The second-order valence-electron chi connectivity index (χ2n) is 5.88. The highest BCUT2D eigenvalue weighted by molar-refractivity contribution is 8.18. The molecule has 2 aromatic carbocycles. The Labute approximate surface area is 157 Å². The molecule has 1 aliphatic heterocycles. The molecule has 0 unspecified atom stereocenters. The highest BCUT2D eigenvalue weighted by Crippen LogP contribution is 2.32. The van der Waals surface area contributed by atoms with Crippen molar-refractivity contribution in [3.63, 3.8) is 0 Å². The molecule has 1 saturated heterocycles. The summed E-state index contributed by atoms with van der Waals surface area (Å²) in [7, 11) is 3.20. The number of amides is 1. The van der Waals surface area contributed by atoms with Crippen molar-refractivity contribution in [2.45, 2.75) is 13.8 Å². The number of hydrogen-bond donors (Lipinski definition) is 1. The van der Waals surface area contributed by atoms with Crippen LogP contribution in [0.5, 0.6) is 11.5 Å². The van der Waals surface area contributed by atoms with E-state index in [2.05, 4.69) is 16.4 Å². The first kappa shape index (κ1) is 18.1. The minimum atomic E-state index is -0.177. The van der Waals surface area contributed by atoms with E-state index in [1.54, 1.807) is 20.3 Å². The minimum absolute atomic E-state index is 0.177. The Balaban J connectivity index is 1.90. The number of aryl methyl sites for hydroxylation is 2. The van der Waals surface area contributed by atoms with Crippen LogP contribution in [0.4, 0.5) is 5.69 Å². The van der Waals surface area contributed by atoms with Gasteiger partial charge in [0.25, 0.3) is 5.91 Å². The van der Waals surface area contributed by atoms with Crippen molar-refractivity contribution in [2.75, 3.05) is 14.2 Å². The van der Waals surface area contributed by atoms with Gasteiger partial charge in [0, 0.05) is 5.56 Å². The number of benzene rings is 2. The molecule has 26 heavy (non-hydrogen) atoms. The maximum Gasteiger partial charge on any atom is 0.264 e. The van der Waals surface area contributed by atoms with Gasteiger partial charge in [0.2, 0.25) is 0 Å². The van der Waals surface area contributed by atoms with E-state index in [0.29, 0.717) is 21.6 Å². The van der Waals surface area contributed by atoms with Crippen molar-refractivity contribution in [1.29, 1.82) is 0 Å². The van der Waals surface area contributed by atoms with Gasteiger partial charge >= 0.3 is 0 Å². The molecular formula is C20H20N2O3S. The Hall–Kier alpha value is -2.73. The van der Waals surface area contributed by atoms with Gasteiger partial charge in [-0.05, 0) is 61.5 Å². The average Bonchev–Trinajstić information content (AvgIpc) is 2.96. The van der Waals surface area contributed by atoms with Crippen LogP contribution >= 0.6 is 11.8 Å². The third kappa shape index (κ3) is 3.91. The number of carbonyl (C=O) groups excluding carboxylic acids is 1. The van der Waals surface area contributed by atoms with Crippen LogP contribution in [0.2, 0.25) is 0 Å². The van der Waals surface area contributed by atoms with Gasteiger partial charge in [-0.2, -0.15) is 0 Å². The second kappa shape index (κ2) is 7.66. The summed E-state index contributed by atoms with van der Waals surface area (Å²) in [4.78, 5) is 17.4. The number of hydrogen-bond acceptors (Lipinski definition) is 5. The van der Waals surface area contributed by atoms with E-state index in [1.165, 1.54) is 17.3 Å². The molecule has 0 aliphatic carbocycles. The highest BCUT2D eigenvalue weighted by Gasteiger charge is 2.24. The van der Waals surface area contributed by atoms with E-state index in [-0.39, 0.29) is 5.91 Å². The number of carbonyl (C=O) groups is 1. The molecule has 6 heteroatoms. The SMILES string of the molecule is COc1ccc(OC)c(/C=C2/SC(=Nc3ccc(C)cc3C)NC2=O)c1. The molecule has 0 atom stereocenters. The zero-order valence-corrected chi connectivity index (χ0v) is 15.9. The summed E-state index contributed by atoms with van der Waals surface area (Å²) in [6.45, 7) is 4.05. The van der Waals surface area contributed by atoms with Gasteiger partial charge in [-0.15, -0.1) is 0 Å². The Morgan fingerprint density at radius 3 is 2.58 bits per heavy atom. The molecule has 0 saturated carbocycles. The lowest BCUT2D eigenvalue weighted by Gasteiger charge is -2.07. The predicted molar refractivity (Wildman–Crippen MR) is 106 cm³/mol. The third-order valence-corrected chi connectivity index (χ3v) is 4.86. The number of amidine groups is 1. The van der Waals surface area contributed by atoms with Gasteiger partial charge in [0.05, 0.1) is 24.8 Å². The Kier molecular flexibility index (Phi) is 5.32. The molecule has 0 radical (unpaired) electrons. The summed E-state index contributed by atoms with van der Waals surface area (Å²) in [5.74, 6) is 1.19. The molecule has 0 spiro atoms. The van der Waals surface area contributed by atoms with Crippen LogP contribution in [0.25, 0.3) is 6.08 Å². The Morgan fingerprint density at radius 1 is 1.08 bits per heavy atom. The van der Waals surface area contributed by atoms with E-state index < -0.39 is 0 Å². The molecule has 1 heterocycles. The van der Waals surface area contributed by atoms with E-state index in [9.17, 15) is 4.79 Å². The Morgan fingerprint density at radius 2 is 1.88 bits per heavy atom. The van der Waals surface area contributed by atoms with Crippen LogP contribution in [-0.2, 0) is 4.79 Å². The fourth-order valence-corrected chi connectivity index (χ4v) is 3.44. The maximum atomic E-state index is 12.3. The molecule has 2 aromatic rings. The normalized spacial score (nSPS) is 16.8. The van der Waals surface area contributed by atoms with Crippen LogP contribution in [0.15, 0.2) is 46.3 Å². The average molecular weight is 368 g/mol. The quantitative estimate of drug-likeness (QED) is 0.821. The molecule has 1 aliphatic rings. The van der Waals surface area contributed by atoms with Crippen molar-refractivity contribution in [1.82, 2.24) is 5.32 Å². The number of aliphatic imine (C=N–C) groups is 1. The number of thioether (sulfide) groups is 1. The fraction of sp³-hybridized carbons (Fsp3) is 0.200. The summed E-state index contributed by atoms with van der Waals surface area (Å²) < 4.78 is 10.6. The topological polar surface area (TPSA) is 59.9 Å². The number of rotatable bonds is 4. The molecule has 1 N–H and O–H groups in total. The first-order valence-electron chi connectivity index (χ1n) is 8.09. The number of nitrogens with zero attached hydrogens (tertiary/aromatic N) is 1. The number of methoxy groups -OCH3 is 2. The van der Waals surface area contributed by atoms with Crippen molar-refractivity contribution in [3.8, 4) is 11.5 Å². The second-order valence-corrected chi connectivity index (χ2v) is 6.91. The van der Waals surface area contributed by atoms with E-state index in [4.69, 9.17) is 9.47 Å². The van der Waals surface area contributed by atoms with Crippen molar-refractivity contribution < 1.29 is 14.3 Å². The summed E-state index contributed by atoms with van der Waals surface area (Å²) in [6, 6.07) is 11.5. The molecule has 134 valence electrons. The van der Waals surface area contributed by atoms with Gasteiger partial charge < -0.3 is 14.8 Å². The monoisotopic (exact) mass is 368 g/mol. The van der Waals surface area contributed by atoms with E-state index >= 15 is 0 Å². The molecule has 1 fully saturated rings. The third-order valence-electron chi connectivity index (χ3n) is 3.95. The summed E-state index contributed by atoms with van der Waals surface area (Å²) in [5.41, 5.74) is 3.87. The van der Waals surface area contributed by atoms with E-state index in [0.717, 1.165) is 16.8 Å². The molecule has 5 nitrogen and oxygen atoms in total. The molecule has 1 amide bonds. The molecular weight excluding hydrogens is 348 g/mol. The lowest BCUT2D eigenvalue weighted by Crippen LogP contribution is -2.19. The van der Waals surface area contributed by atoms with Crippen LogP contribution in [0, 0.1) is 13.8 Å². The lowest BCUT2D eigenvalue weighted by molar-refractivity contribution is -0.115. The summed E-state index contributed by atoms with van der Waals surface area (Å²) >= 11 is 1.31. The van der Waals surface area contributed by atoms with Crippen molar-refractivity contribution >= 4 is 34.6 Å². The summed E-state index contributed by atoms with van der Waals surface area (Å²) in [6.07, 6.45) is 1.78. The Bertz CT molecular complexity index is 919. The first-order chi connectivity index (χ1) is 12.5. The van der Waals surface area contributed by atoms with Crippen LogP contribution < -0.4 is 14.8 Å². The molecule has 3 rings (SSSR count). The van der Waals surface area contributed by atoms with Crippen LogP contribution in [-0.4, -0.2) is 25.3 Å².